The zero-order valence-electron chi connectivity index (χ0n) is 20.1. The number of aryl methyl sites for hydroxylation is 2. The van der Waals surface area contributed by atoms with Crippen LogP contribution in [0.3, 0.4) is 0 Å². The van der Waals surface area contributed by atoms with Crippen LogP contribution in [0.15, 0.2) is 72.8 Å². The molecule has 0 aliphatic rings. The summed E-state index contributed by atoms with van der Waals surface area (Å²) in [5, 5.41) is 11.2. The summed E-state index contributed by atoms with van der Waals surface area (Å²) in [6.45, 7) is 4.60. The standard InChI is InChI=1S/C27H29N5O3/c1-19-8-12-21(13-9-19)26(27(34)28-16-17-35-3)32(22-14-10-20(2)11-15-22)25(33)18-31-24-7-5-4-6-23(24)29-30-31/h4-15,26H,16-18H2,1-3H3,(H,28,34)/t26-/m1/s1. The van der Waals surface area contributed by atoms with Gasteiger partial charge in [0.05, 0.1) is 12.1 Å². The molecular weight excluding hydrogens is 442 g/mol. The lowest BCUT2D eigenvalue weighted by Crippen LogP contribution is -2.46. The first-order valence-electron chi connectivity index (χ1n) is 11.5. The lowest BCUT2D eigenvalue weighted by Gasteiger charge is -2.31. The Bertz CT molecular complexity index is 1300. The Morgan fingerprint density at radius 1 is 0.971 bits per heavy atom. The molecule has 8 nitrogen and oxygen atoms in total. The van der Waals surface area contributed by atoms with Crippen LogP contribution in [-0.4, -0.2) is 47.1 Å². The van der Waals surface area contributed by atoms with E-state index < -0.39 is 6.04 Å². The van der Waals surface area contributed by atoms with E-state index in [-0.39, 0.29) is 18.4 Å². The molecule has 1 heterocycles. The number of hydrogen-bond donors (Lipinski definition) is 1. The van der Waals surface area contributed by atoms with Crippen LogP contribution in [0.1, 0.15) is 22.7 Å². The van der Waals surface area contributed by atoms with Gasteiger partial charge in [0.1, 0.15) is 18.1 Å². The molecule has 1 aromatic heterocycles. The molecule has 2 amide bonds. The number of nitrogens with zero attached hydrogens (tertiary/aromatic N) is 4. The number of amides is 2. The topological polar surface area (TPSA) is 89.4 Å². The fourth-order valence-electron chi connectivity index (χ4n) is 3.92. The fraction of sp³-hybridized carbons (Fsp3) is 0.259. The maximum absolute atomic E-state index is 13.9. The number of carbonyl (C=O) groups excluding carboxylic acids is 2. The second kappa shape index (κ2) is 10.9. The molecule has 0 saturated heterocycles. The third-order valence-corrected chi connectivity index (χ3v) is 5.79. The minimum atomic E-state index is -0.877. The van der Waals surface area contributed by atoms with E-state index >= 15 is 0 Å². The van der Waals surface area contributed by atoms with Crippen LogP contribution in [0.2, 0.25) is 0 Å². The average Bonchev–Trinajstić information content (AvgIpc) is 3.27. The largest absolute Gasteiger partial charge is 0.383 e. The van der Waals surface area contributed by atoms with Crippen molar-refractivity contribution in [2.75, 3.05) is 25.2 Å². The molecule has 0 radical (unpaired) electrons. The SMILES string of the molecule is COCCNC(=O)[C@@H](c1ccc(C)cc1)N(C(=O)Cn1nnc2ccccc21)c1ccc(C)cc1. The van der Waals surface area contributed by atoms with Gasteiger partial charge in [0.2, 0.25) is 11.8 Å². The van der Waals surface area contributed by atoms with Gasteiger partial charge in [0, 0.05) is 19.3 Å². The number of nitrogens with one attached hydrogen (secondary N) is 1. The van der Waals surface area contributed by atoms with Crippen LogP contribution in [0.4, 0.5) is 5.69 Å². The Balaban J connectivity index is 1.76. The molecule has 0 unspecified atom stereocenters. The number of ether oxygens (including phenoxy) is 1. The van der Waals surface area contributed by atoms with Gasteiger partial charge in [-0.1, -0.05) is 64.9 Å². The van der Waals surface area contributed by atoms with Gasteiger partial charge in [0.25, 0.3) is 0 Å². The number of fused-ring (bicyclic) bond motifs is 1. The van der Waals surface area contributed by atoms with E-state index in [1.54, 1.807) is 16.7 Å². The first-order chi connectivity index (χ1) is 17.0. The van der Waals surface area contributed by atoms with Gasteiger partial charge in [-0.2, -0.15) is 0 Å². The molecule has 8 heteroatoms. The van der Waals surface area contributed by atoms with Crippen LogP contribution in [0.5, 0.6) is 0 Å². The van der Waals surface area contributed by atoms with Crippen LogP contribution in [-0.2, 0) is 20.9 Å². The molecule has 4 rings (SSSR count). The smallest absolute Gasteiger partial charge is 0.249 e. The van der Waals surface area contributed by atoms with Crippen LogP contribution in [0.25, 0.3) is 11.0 Å². The highest BCUT2D eigenvalue weighted by molar-refractivity contribution is 6.01. The van der Waals surface area contributed by atoms with Crippen molar-refractivity contribution in [2.45, 2.75) is 26.4 Å². The molecule has 1 atom stereocenters. The van der Waals surface area contributed by atoms with Gasteiger partial charge >= 0.3 is 0 Å². The van der Waals surface area contributed by atoms with Crippen LogP contribution < -0.4 is 10.2 Å². The number of carbonyl (C=O) groups is 2. The molecule has 0 spiro atoms. The number of methoxy groups -OCH3 is 1. The van der Waals surface area contributed by atoms with Gasteiger partial charge in [-0.3, -0.25) is 14.5 Å². The van der Waals surface area contributed by atoms with Crippen molar-refractivity contribution in [3.8, 4) is 0 Å². The molecule has 0 aliphatic heterocycles. The third kappa shape index (κ3) is 5.55. The Morgan fingerprint density at radius 2 is 1.63 bits per heavy atom. The van der Waals surface area contributed by atoms with E-state index in [1.165, 1.54) is 0 Å². The number of benzene rings is 3. The maximum Gasteiger partial charge on any atom is 0.249 e. The Hall–Kier alpha value is -4.04. The van der Waals surface area contributed by atoms with Crippen molar-refractivity contribution in [3.63, 3.8) is 0 Å². The molecule has 0 saturated carbocycles. The number of para-hydroxylation sites is 1. The highest BCUT2D eigenvalue weighted by atomic mass is 16.5. The van der Waals surface area contributed by atoms with Crippen molar-refractivity contribution in [1.82, 2.24) is 20.3 Å². The van der Waals surface area contributed by atoms with Crippen molar-refractivity contribution >= 4 is 28.5 Å². The molecule has 0 aliphatic carbocycles. The lowest BCUT2D eigenvalue weighted by atomic mass is 10.0. The monoisotopic (exact) mass is 471 g/mol. The average molecular weight is 472 g/mol. The normalized spacial score (nSPS) is 11.9. The van der Waals surface area contributed by atoms with Gasteiger partial charge < -0.3 is 10.1 Å². The second-order valence-corrected chi connectivity index (χ2v) is 8.43. The maximum atomic E-state index is 13.9. The molecule has 3 aromatic carbocycles. The van der Waals surface area contributed by atoms with Crippen molar-refractivity contribution in [3.05, 3.63) is 89.5 Å². The van der Waals surface area contributed by atoms with Crippen LogP contribution >= 0.6 is 0 Å². The predicted molar refractivity (Wildman–Crippen MR) is 135 cm³/mol. The summed E-state index contributed by atoms with van der Waals surface area (Å²) in [6, 6.07) is 21.8. The Kier molecular flexibility index (Phi) is 7.52. The first-order valence-corrected chi connectivity index (χ1v) is 11.5. The van der Waals surface area contributed by atoms with E-state index in [0.717, 1.165) is 16.6 Å². The molecule has 0 bridgehead atoms. The zero-order valence-corrected chi connectivity index (χ0v) is 20.1. The first kappa shape index (κ1) is 24.1. The minimum absolute atomic E-state index is 0.0674. The summed E-state index contributed by atoms with van der Waals surface area (Å²) in [4.78, 5) is 28.9. The summed E-state index contributed by atoms with van der Waals surface area (Å²) < 4.78 is 6.66. The van der Waals surface area contributed by atoms with Crippen molar-refractivity contribution in [2.24, 2.45) is 0 Å². The van der Waals surface area contributed by atoms with E-state index in [2.05, 4.69) is 15.6 Å². The Morgan fingerprint density at radius 3 is 2.31 bits per heavy atom. The van der Waals surface area contributed by atoms with E-state index in [4.69, 9.17) is 4.74 Å². The van der Waals surface area contributed by atoms with Gasteiger partial charge in [0.15, 0.2) is 0 Å². The quantitative estimate of drug-likeness (QED) is 0.377. The summed E-state index contributed by atoms with van der Waals surface area (Å²) in [5.74, 6) is -0.569. The number of rotatable bonds is 9. The van der Waals surface area contributed by atoms with Crippen molar-refractivity contribution in [1.29, 1.82) is 0 Å². The lowest BCUT2D eigenvalue weighted by molar-refractivity contribution is -0.127. The summed E-state index contributed by atoms with van der Waals surface area (Å²) in [5.41, 5.74) is 4.91. The Labute approximate surface area is 204 Å². The van der Waals surface area contributed by atoms with E-state index in [0.29, 0.717) is 29.9 Å². The molecule has 1 N–H and O–H groups in total. The molecule has 4 aromatic rings. The number of hydrogen-bond acceptors (Lipinski definition) is 5. The number of anilines is 1. The third-order valence-electron chi connectivity index (χ3n) is 5.79. The summed E-state index contributed by atoms with van der Waals surface area (Å²) >= 11 is 0. The van der Waals surface area contributed by atoms with Gasteiger partial charge in [-0.15, -0.1) is 5.10 Å². The fourth-order valence-corrected chi connectivity index (χ4v) is 3.92. The molecular formula is C27H29N5O3. The predicted octanol–water partition coefficient (Wildman–Crippen LogP) is 3.59. The zero-order chi connectivity index (χ0) is 24.8. The minimum Gasteiger partial charge on any atom is -0.383 e. The van der Waals surface area contributed by atoms with Crippen molar-refractivity contribution < 1.29 is 14.3 Å². The van der Waals surface area contributed by atoms with Crippen LogP contribution in [0, 0.1) is 13.8 Å². The molecule has 0 fully saturated rings. The highest BCUT2D eigenvalue weighted by Crippen LogP contribution is 2.29. The number of aromatic nitrogens is 3. The van der Waals surface area contributed by atoms with Gasteiger partial charge in [-0.05, 0) is 43.7 Å². The second-order valence-electron chi connectivity index (χ2n) is 8.43. The summed E-state index contributed by atoms with van der Waals surface area (Å²) in [7, 11) is 1.58. The van der Waals surface area contributed by atoms with Gasteiger partial charge in [-0.25, -0.2) is 4.68 Å². The van der Waals surface area contributed by atoms with E-state index in [9.17, 15) is 9.59 Å². The summed E-state index contributed by atoms with van der Waals surface area (Å²) in [6.07, 6.45) is 0. The highest BCUT2D eigenvalue weighted by Gasteiger charge is 2.33. The molecule has 35 heavy (non-hydrogen) atoms. The molecule has 180 valence electrons. The van der Waals surface area contributed by atoms with E-state index in [1.807, 2.05) is 86.6 Å².